The first-order chi connectivity index (χ1) is 18.5. The van der Waals surface area contributed by atoms with Crippen molar-refractivity contribution in [1.82, 2.24) is 9.88 Å². The number of aryl methyl sites for hydroxylation is 2. The lowest BCUT2D eigenvalue weighted by molar-refractivity contribution is 0.0697. The van der Waals surface area contributed by atoms with Crippen LogP contribution in [-0.4, -0.2) is 66.3 Å². The fourth-order valence-electron chi connectivity index (χ4n) is 6.38. The molecule has 0 unspecified atom stereocenters. The molecule has 2 saturated heterocycles. The summed E-state index contributed by atoms with van der Waals surface area (Å²) in [6.07, 6.45) is 5.14. The molecule has 0 bridgehead atoms. The number of pyridine rings is 1. The molecular formula is C32H40N4O2. The number of hydrogen-bond donors (Lipinski definition) is 1. The largest absolute Gasteiger partial charge is 0.394 e. The van der Waals surface area contributed by atoms with Crippen LogP contribution in [0.2, 0.25) is 0 Å². The summed E-state index contributed by atoms with van der Waals surface area (Å²) >= 11 is 0. The second-order valence-corrected chi connectivity index (χ2v) is 10.9. The Morgan fingerprint density at radius 1 is 0.947 bits per heavy atom. The number of aromatic nitrogens is 1. The lowest BCUT2D eigenvalue weighted by Crippen LogP contribution is -2.56. The van der Waals surface area contributed by atoms with E-state index in [2.05, 4.69) is 65.9 Å². The summed E-state index contributed by atoms with van der Waals surface area (Å²) in [6.45, 7) is 10.3. The maximum atomic E-state index is 13.9. The van der Waals surface area contributed by atoms with Gasteiger partial charge in [-0.2, -0.15) is 0 Å². The second-order valence-electron chi connectivity index (χ2n) is 10.9. The summed E-state index contributed by atoms with van der Waals surface area (Å²) in [4.78, 5) is 25.0. The van der Waals surface area contributed by atoms with Crippen LogP contribution in [-0.2, 0) is 6.42 Å². The lowest BCUT2D eigenvalue weighted by Gasteiger charge is -2.42. The monoisotopic (exact) mass is 512 g/mol. The summed E-state index contributed by atoms with van der Waals surface area (Å²) < 4.78 is 0. The molecule has 0 radical (unpaired) electrons. The predicted octanol–water partition coefficient (Wildman–Crippen LogP) is 4.79. The molecule has 3 heterocycles. The molecule has 3 aromatic rings. The minimum atomic E-state index is -0.107. The maximum absolute atomic E-state index is 13.9. The zero-order valence-corrected chi connectivity index (χ0v) is 22.9. The predicted molar refractivity (Wildman–Crippen MR) is 154 cm³/mol. The van der Waals surface area contributed by atoms with Gasteiger partial charge in [0, 0.05) is 50.2 Å². The van der Waals surface area contributed by atoms with Crippen LogP contribution in [0.15, 0.2) is 60.8 Å². The van der Waals surface area contributed by atoms with Crippen molar-refractivity contribution in [2.75, 3.05) is 49.1 Å². The number of carbonyl (C=O) groups is 1. The molecule has 1 aromatic heterocycles. The van der Waals surface area contributed by atoms with E-state index >= 15 is 0 Å². The molecule has 2 aliphatic heterocycles. The van der Waals surface area contributed by atoms with Crippen LogP contribution in [0.4, 0.5) is 11.5 Å². The highest BCUT2D eigenvalue weighted by Crippen LogP contribution is 2.31. The van der Waals surface area contributed by atoms with Crippen molar-refractivity contribution < 1.29 is 9.90 Å². The number of piperidine rings is 1. The molecule has 1 N–H and O–H groups in total. The number of para-hydroxylation sites is 1. The average Bonchev–Trinajstić information content (AvgIpc) is 2.96. The Labute approximate surface area is 226 Å². The van der Waals surface area contributed by atoms with E-state index in [0.29, 0.717) is 25.6 Å². The van der Waals surface area contributed by atoms with Crippen LogP contribution < -0.4 is 9.80 Å². The molecule has 38 heavy (non-hydrogen) atoms. The number of anilines is 2. The molecule has 1 atom stereocenters. The lowest BCUT2D eigenvalue weighted by atomic mass is 9.84. The van der Waals surface area contributed by atoms with Crippen molar-refractivity contribution in [1.29, 1.82) is 0 Å². The average molecular weight is 513 g/mol. The van der Waals surface area contributed by atoms with Gasteiger partial charge < -0.3 is 19.8 Å². The number of rotatable bonds is 6. The van der Waals surface area contributed by atoms with E-state index in [1.54, 1.807) is 0 Å². The first-order valence-corrected chi connectivity index (χ1v) is 13.9. The quantitative estimate of drug-likeness (QED) is 0.515. The zero-order valence-electron chi connectivity index (χ0n) is 22.9. The van der Waals surface area contributed by atoms with E-state index in [1.165, 1.54) is 11.1 Å². The third-order valence-corrected chi connectivity index (χ3v) is 8.49. The standard InChI is InChI=1S/C32H40N4O2/c1-23-19-24(2)31(32(38)35-17-18-36(28(21-35)22-37)27-9-5-4-6-10-27)25(3)29(23)20-26-12-15-34(16-13-26)30-11-7-8-14-33-30/h4-11,14,19,26,28,37H,12-13,15-18,20-22H2,1-3H3/t28-/m0/s1. The first-order valence-electron chi connectivity index (χ1n) is 13.9. The number of nitrogens with zero attached hydrogens (tertiary/aromatic N) is 4. The molecule has 200 valence electrons. The Bertz CT molecular complexity index is 1240. The molecule has 2 aliphatic rings. The number of amides is 1. The highest BCUT2D eigenvalue weighted by molar-refractivity contribution is 5.97. The van der Waals surface area contributed by atoms with E-state index in [4.69, 9.17) is 0 Å². The zero-order chi connectivity index (χ0) is 26.6. The molecule has 6 heteroatoms. The molecule has 5 rings (SSSR count). The summed E-state index contributed by atoms with van der Waals surface area (Å²) in [5, 5.41) is 10.2. The minimum absolute atomic E-state index is 0.0208. The highest BCUT2D eigenvalue weighted by Gasteiger charge is 2.32. The van der Waals surface area contributed by atoms with Gasteiger partial charge in [0.05, 0.1) is 12.6 Å². The van der Waals surface area contributed by atoms with Crippen LogP contribution >= 0.6 is 0 Å². The van der Waals surface area contributed by atoms with Gasteiger partial charge in [0.2, 0.25) is 0 Å². The maximum Gasteiger partial charge on any atom is 0.254 e. The number of aliphatic hydroxyl groups excluding tert-OH is 1. The molecular weight excluding hydrogens is 472 g/mol. The van der Waals surface area contributed by atoms with Crippen molar-refractivity contribution in [3.05, 3.63) is 88.6 Å². The molecule has 0 spiro atoms. The summed E-state index contributed by atoms with van der Waals surface area (Å²) in [5.74, 6) is 1.76. The topological polar surface area (TPSA) is 59.9 Å². The van der Waals surface area contributed by atoms with Crippen molar-refractivity contribution in [3.63, 3.8) is 0 Å². The van der Waals surface area contributed by atoms with Gasteiger partial charge in [0.15, 0.2) is 0 Å². The minimum Gasteiger partial charge on any atom is -0.394 e. The first kappa shape index (κ1) is 26.2. The summed E-state index contributed by atoms with van der Waals surface area (Å²) in [6, 6.07) is 18.4. The Hall–Kier alpha value is -3.38. The van der Waals surface area contributed by atoms with Crippen molar-refractivity contribution in [2.24, 2.45) is 5.92 Å². The Morgan fingerprint density at radius 2 is 1.68 bits per heavy atom. The van der Waals surface area contributed by atoms with Gasteiger partial charge in [-0.25, -0.2) is 4.98 Å². The fraction of sp³-hybridized carbons (Fsp3) is 0.438. The van der Waals surface area contributed by atoms with Gasteiger partial charge in [0.1, 0.15) is 5.82 Å². The molecule has 0 aliphatic carbocycles. The van der Waals surface area contributed by atoms with Crippen LogP contribution in [0.5, 0.6) is 0 Å². The van der Waals surface area contributed by atoms with Gasteiger partial charge in [0.25, 0.3) is 5.91 Å². The van der Waals surface area contributed by atoms with E-state index in [-0.39, 0.29) is 18.6 Å². The summed E-state index contributed by atoms with van der Waals surface area (Å²) in [7, 11) is 0. The number of benzene rings is 2. The summed E-state index contributed by atoms with van der Waals surface area (Å²) in [5.41, 5.74) is 6.73. The normalized spacial score (nSPS) is 18.6. The molecule has 2 aromatic carbocycles. The third-order valence-electron chi connectivity index (χ3n) is 8.49. The van der Waals surface area contributed by atoms with Crippen molar-refractivity contribution in [2.45, 2.75) is 46.1 Å². The smallest absolute Gasteiger partial charge is 0.254 e. The van der Waals surface area contributed by atoms with Gasteiger partial charge in [-0.3, -0.25) is 4.79 Å². The highest BCUT2D eigenvalue weighted by atomic mass is 16.3. The number of aliphatic hydroxyl groups is 1. The molecule has 2 fully saturated rings. The fourth-order valence-corrected chi connectivity index (χ4v) is 6.38. The number of hydrogen-bond acceptors (Lipinski definition) is 5. The van der Waals surface area contributed by atoms with Crippen LogP contribution in [0.3, 0.4) is 0 Å². The molecule has 1 amide bonds. The van der Waals surface area contributed by atoms with Gasteiger partial charge in [-0.1, -0.05) is 30.3 Å². The van der Waals surface area contributed by atoms with E-state index in [0.717, 1.165) is 60.5 Å². The Morgan fingerprint density at radius 3 is 2.37 bits per heavy atom. The van der Waals surface area contributed by atoms with E-state index in [9.17, 15) is 9.90 Å². The number of piperazine rings is 1. The Kier molecular flexibility index (Phi) is 7.98. The SMILES string of the molecule is Cc1cc(C)c(C(=O)N2CCN(c3ccccc3)[C@H](CO)C2)c(C)c1CC1CCN(c2ccccn2)CC1. The van der Waals surface area contributed by atoms with E-state index in [1.807, 2.05) is 35.4 Å². The molecule has 0 saturated carbocycles. The second kappa shape index (κ2) is 11.6. The number of carbonyl (C=O) groups excluding carboxylic acids is 1. The van der Waals surface area contributed by atoms with Crippen LogP contribution in [0.25, 0.3) is 0 Å². The van der Waals surface area contributed by atoms with Gasteiger partial charge in [-0.05, 0) is 92.5 Å². The molecule has 6 nitrogen and oxygen atoms in total. The van der Waals surface area contributed by atoms with Crippen molar-refractivity contribution in [3.8, 4) is 0 Å². The van der Waals surface area contributed by atoms with E-state index < -0.39 is 0 Å². The van der Waals surface area contributed by atoms with Gasteiger partial charge >= 0.3 is 0 Å². The Balaban J connectivity index is 1.30. The van der Waals surface area contributed by atoms with Gasteiger partial charge in [-0.15, -0.1) is 0 Å². The third kappa shape index (κ3) is 5.41. The van der Waals surface area contributed by atoms with Crippen LogP contribution in [0.1, 0.15) is 45.5 Å². The van der Waals surface area contributed by atoms with Crippen LogP contribution in [0, 0.1) is 26.7 Å². The van der Waals surface area contributed by atoms with Crippen molar-refractivity contribution >= 4 is 17.4 Å².